The van der Waals surface area contributed by atoms with E-state index in [9.17, 15) is 4.79 Å². The van der Waals surface area contributed by atoms with Gasteiger partial charge >= 0.3 is 6.09 Å². The Kier molecular flexibility index (Phi) is 9.75. The smallest absolute Gasteiger partial charge is 0.407 e. The summed E-state index contributed by atoms with van der Waals surface area (Å²) in [4.78, 5) is 16.2. The minimum atomic E-state index is -0.472. The summed E-state index contributed by atoms with van der Waals surface area (Å²) in [5.74, 6) is 2.39. The van der Waals surface area contributed by atoms with Crippen molar-refractivity contribution in [2.75, 3.05) is 27.3 Å². The van der Waals surface area contributed by atoms with Crippen molar-refractivity contribution in [3.05, 3.63) is 24.3 Å². The van der Waals surface area contributed by atoms with Crippen molar-refractivity contribution in [3.8, 4) is 11.5 Å². The lowest BCUT2D eigenvalue weighted by molar-refractivity contribution is 0.0490. The first-order chi connectivity index (χ1) is 14.8. The van der Waals surface area contributed by atoms with Crippen LogP contribution in [-0.2, 0) is 4.74 Å². The van der Waals surface area contributed by atoms with E-state index >= 15 is 0 Å². The molecule has 8 heteroatoms. The lowest BCUT2D eigenvalue weighted by Crippen LogP contribution is -2.48. The molecule has 1 amide bonds. The normalized spacial score (nSPS) is 19.3. The van der Waals surface area contributed by atoms with Gasteiger partial charge in [0.15, 0.2) is 5.96 Å². The topological polar surface area (TPSA) is 93.2 Å². The largest absolute Gasteiger partial charge is 0.497 e. The number of rotatable bonds is 8. The third kappa shape index (κ3) is 9.81. The molecular weight excluding hydrogens is 396 g/mol. The van der Waals surface area contributed by atoms with Crippen LogP contribution in [0.2, 0.25) is 0 Å². The van der Waals surface area contributed by atoms with Crippen molar-refractivity contribution in [2.24, 2.45) is 4.99 Å². The molecule has 0 heterocycles. The third-order valence-electron chi connectivity index (χ3n) is 4.94. The number of carbonyl (C=O) groups is 1. The Balaban J connectivity index is 1.61. The fourth-order valence-corrected chi connectivity index (χ4v) is 3.40. The molecule has 8 nitrogen and oxygen atoms in total. The molecule has 1 fully saturated rings. The molecule has 0 bridgehead atoms. The molecule has 1 aliphatic carbocycles. The molecule has 0 radical (unpaired) electrons. The van der Waals surface area contributed by atoms with E-state index in [1.165, 1.54) is 0 Å². The molecule has 174 valence electrons. The monoisotopic (exact) mass is 434 g/mol. The van der Waals surface area contributed by atoms with Crippen molar-refractivity contribution in [1.82, 2.24) is 16.0 Å². The highest BCUT2D eigenvalue weighted by Gasteiger charge is 2.25. The molecule has 31 heavy (non-hydrogen) atoms. The van der Waals surface area contributed by atoms with Crippen LogP contribution in [0.3, 0.4) is 0 Å². The number of nitrogens with one attached hydrogen (secondary N) is 3. The van der Waals surface area contributed by atoms with Gasteiger partial charge < -0.3 is 30.2 Å². The molecule has 2 rings (SSSR count). The standard InChI is InChI=1S/C23H38N4O4/c1-23(2,3)31-22(28)27-18-12-10-17(11-13-18)26-21(24-4)25-14-7-15-30-20-9-6-8-19(16-20)29-5/h6,8-9,16-18H,7,10-15H2,1-5H3,(H,27,28)(H2,24,25,26). The van der Waals surface area contributed by atoms with Gasteiger partial charge in [-0.3, -0.25) is 4.99 Å². The third-order valence-corrected chi connectivity index (χ3v) is 4.94. The molecule has 3 N–H and O–H groups in total. The minimum Gasteiger partial charge on any atom is -0.497 e. The summed E-state index contributed by atoms with van der Waals surface area (Å²) in [6.45, 7) is 6.99. The highest BCUT2D eigenvalue weighted by molar-refractivity contribution is 5.79. The second-order valence-electron chi connectivity index (χ2n) is 8.72. The van der Waals surface area contributed by atoms with Gasteiger partial charge in [-0.05, 0) is 65.0 Å². The zero-order valence-electron chi connectivity index (χ0n) is 19.5. The van der Waals surface area contributed by atoms with E-state index in [-0.39, 0.29) is 12.1 Å². The molecule has 0 saturated heterocycles. The number of methoxy groups -OCH3 is 1. The summed E-state index contributed by atoms with van der Waals surface area (Å²) in [5.41, 5.74) is -0.472. The van der Waals surface area contributed by atoms with Crippen LogP contribution in [0.25, 0.3) is 0 Å². The summed E-state index contributed by atoms with van der Waals surface area (Å²) < 4.78 is 16.3. The Labute approximate surface area is 186 Å². The Morgan fingerprint density at radius 2 is 1.74 bits per heavy atom. The van der Waals surface area contributed by atoms with Gasteiger partial charge in [0.1, 0.15) is 17.1 Å². The number of amides is 1. The number of carbonyl (C=O) groups excluding carboxylic acids is 1. The first-order valence-corrected chi connectivity index (χ1v) is 11.0. The van der Waals surface area contributed by atoms with Crippen LogP contribution >= 0.6 is 0 Å². The fraction of sp³-hybridized carbons (Fsp3) is 0.652. The average molecular weight is 435 g/mol. The van der Waals surface area contributed by atoms with Gasteiger partial charge in [0.2, 0.25) is 0 Å². The molecule has 1 aromatic carbocycles. The van der Waals surface area contributed by atoms with Crippen molar-refractivity contribution in [3.63, 3.8) is 0 Å². The van der Waals surface area contributed by atoms with Crippen molar-refractivity contribution >= 4 is 12.1 Å². The minimum absolute atomic E-state index is 0.164. The maximum absolute atomic E-state index is 11.9. The van der Waals surface area contributed by atoms with Crippen molar-refractivity contribution in [2.45, 2.75) is 70.6 Å². The van der Waals surface area contributed by atoms with Gasteiger partial charge in [-0.15, -0.1) is 0 Å². The maximum Gasteiger partial charge on any atom is 0.407 e. The predicted octanol–water partition coefficient (Wildman–Crippen LogP) is 3.47. The van der Waals surface area contributed by atoms with Gasteiger partial charge in [-0.1, -0.05) is 6.07 Å². The van der Waals surface area contributed by atoms with Gasteiger partial charge in [0.05, 0.1) is 13.7 Å². The first kappa shape index (κ1) is 24.6. The van der Waals surface area contributed by atoms with E-state index in [0.717, 1.165) is 56.1 Å². The van der Waals surface area contributed by atoms with E-state index in [1.807, 2.05) is 45.0 Å². The lowest BCUT2D eigenvalue weighted by atomic mass is 9.91. The zero-order chi connectivity index (χ0) is 22.7. The summed E-state index contributed by atoms with van der Waals surface area (Å²) >= 11 is 0. The van der Waals surface area contributed by atoms with Crippen LogP contribution in [0.4, 0.5) is 4.79 Å². The number of ether oxygens (including phenoxy) is 3. The highest BCUT2D eigenvalue weighted by Crippen LogP contribution is 2.20. The van der Waals surface area contributed by atoms with Gasteiger partial charge in [-0.2, -0.15) is 0 Å². The summed E-state index contributed by atoms with van der Waals surface area (Å²) in [6.07, 6.45) is 4.30. The number of aliphatic imine (C=N–C) groups is 1. The first-order valence-electron chi connectivity index (χ1n) is 11.0. The zero-order valence-corrected chi connectivity index (χ0v) is 19.5. The van der Waals surface area contributed by atoms with Gasteiger partial charge in [0.25, 0.3) is 0 Å². The average Bonchev–Trinajstić information content (AvgIpc) is 2.72. The Morgan fingerprint density at radius 3 is 2.35 bits per heavy atom. The number of nitrogens with zero attached hydrogens (tertiary/aromatic N) is 1. The molecule has 0 unspecified atom stereocenters. The molecule has 1 aromatic rings. The molecular formula is C23H38N4O4. The van der Waals surface area contributed by atoms with E-state index < -0.39 is 5.60 Å². The summed E-state index contributed by atoms with van der Waals surface area (Å²) in [6, 6.07) is 8.11. The maximum atomic E-state index is 11.9. The summed E-state index contributed by atoms with van der Waals surface area (Å²) in [5, 5.41) is 9.79. The quantitative estimate of drug-likeness (QED) is 0.330. The number of hydrogen-bond donors (Lipinski definition) is 3. The van der Waals surface area contributed by atoms with Crippen LogP contribution in [0.1, 0.15) is 52.9 Å². The van der Waals surface area contributed by atoms with Crippen molar-refractivity contribution in [1.29, 1.82) is 0 Å². The number of guanidine groups is 1. The molecule has 0 aliphatic heterocycles. The lowest BCUT2D eigenvalue weighted by Gasteiger charge is -2.31. The van der Waals surface area contributed by atoms with E-state index in [2.05, 4.69) is 20.9 Å². The second-order valence-corrected chi connectivity index (χ2v) is 8.72. The Hall–Kier alpha value is -2.64. The number of hydrogen-bond acceptors (Lipinski definition) is 5. The van der Waals surface area contributed by atoms with E-state index in [0.29, 0.717) is 12.6 Å². The second kappa shape index (κ2) is 12.3. The van der Waals surface area contributed by atoms with Crippen LogP contribution in [0.15, 0.2) is 29.3 Å². The van der Waals surface area contributed by atoms with Crippen LogP contribution in [-0.4, -0.2) is 57.0 Å². The Bertz CT molecular complexity index is 710. The van der Waals surface area contributed by atoms with Gasteiger partial charge in [0, 0.05) is 31.7 Å². The Morgan fingerprint density at radius 1 is 1.10 bits per heavy atom. The van der Waals surface area contributed by atoms with Crippen molar-refractivity contribution < 1.29 is 19.0 Å². The highest BCUT2D eigenvalue weighted by atomic mass is 16.6. The number of alkyl carbamates (subject to hydrolysis) is 1. The molecule has 0 spiro atoms. The van der Waals surface area contributed by atoms with Crippen LogP contribution in [0.5, 0.6) is 11.5 Å². The van der Waals surface area contributed by atoms with Crippen LogP contribution in [0, 0.1) is 0 Å². The fourth-order valence-electron chi connectivity index (χ4n) is 3.40. The molecule has 0 atom stereocenters. The molecule has 0 aromatic heterocycles. The molecule has 1 aliphatic rings. The predicted molar refractivity (Wildman–Crippen MR) is 123 cm³/mol. The van der Waals surface area contributed by atoms with E-state index in [1.54, 1.807) is 14.2 Å². The van der Waals surface area contributed by atoms with E-state index in [4.69, 9.17) is 14.2 Å². The van der Waals surface area contributed by atoms with Gasteiger partial charge in [-0.25, -0.2) is 4.79 Å². The number of benzene rings is 1. The summed E-state index contributed by atoms with van der Waals surface area (Å²) in [7, 11) is 3.42. The SMILES string of the molecule is CN=C(NCCCOc1cccc(OC)c1)NC1CCC(NC(=O)OC(C)(C)C)CC1. The van der Waals surface area contributed by atoms with Crippen LogP contribution < -0.4 is 25.4 Å². The molecule has 1 saturated carbocycles.